The Balaban J connectivity index is 1.89. The van der Waals surface area contributed by atoms with E-state index in [1.54, 1.807) is 25.2 Å². The fourth-order valence-corrected chi connectivity index (χ4v) is 3.57. The van der Waals surface area contributed by atoms with Crippen molar-refractivity contribution in [3.05, 3.63) is 42.5 Å². The number of fused-ring (bicyclic) bond motifs is 1. The highest BCUT2D eigenvalue weighted by atomic mass is 32.2. The second-order valence-electron chi connectivity index (χ2n) is 5.71. The Kier molecular flexibility index (Phi) is 4.56. The van der Waals surface area contributed by atoms with E-state index in [1.165, 1.54) is 36.1 Å². The first-order valence-electron chi connectivity index (χ1n) is 7.71. The van der Waals surface area contributed by atoms with E-state index in [-0.39, 0.29) is 29.0 Å². The standard InChI is InChI=1S/C17H17N3O5S/c1-11(21)18-12-6-8-13(9-7-12)26(23,24)19-14-4-3-5-15-17(14)25-10-16(22)20(15)2/h3-9,19H,10H2,1-2H3,(H,18,21). The van der Waals surface area contributed by atoms with Crippen molar-refractivity contribution in [1.29, 1.82) is 0 Å². The molecule has 2 N–H and O–H groups in total. The molecule has 2 aromatic carbocycles. The van der Waals surface area contributed by atoms with Gasteiger partial charge in [-0.15, -0.1) is 0 Å². The molecule has 0 aromatic heterocycles. The Hall–Kier alpha value is -3.07. The molecule has 3 rings (SSSR count). The van der Waals surface area contributed by atoms with Crippen LogP contribution in [0, 0.1) is 0 Å². The van der Waals surface area contributed by atoms with Crippen molar-refractivity contribution in [3.8, 4) is 5.75 Å². The van der Waals surface area contributed by atoms with Gasteiger partial charge in [-0.2, -0.15) is 0 Å². The summed E-state index contributed by atoms with van der Waals surface area (Å²) in [5, 5.41) is 2.57. The third-order valence-electron chi connectivity index (χ3n) is 3.80. The van der Waals surface area contributed by atoms with Gasteiger partial charge in [-0.3, -0.25) is 14.3 Å². The van der Waals surface area contributed by atoms with Gasteiger partial charge in [0.15, 0.2) is 12.4 Å². The molecular weight excluding hydrogens is 358 g/mol. The summed E-state index contributed by atoms with van der Waals surface area (Å²) in [5.74, 6) is -0.162. The maximum absolute atomic E-state index is 12.6. The first-order valence-corrected chi connectivity index (χ1v) is 9.19. The Labute approximate surface area is 150 Å². The van der Waals surface area contributed by atoms with Crippen LogP contribution >= 0.6 is 0 Å². The minimum atomic E-state index is -3.87. The zero-order valence-electron chi connectivity index (χ0n) is 14.1. The van der Waals surface area contributed by atoms with Crippen LogP contribution in [0.4, 0.5) is 17.1 Å². The number of para-hydroxylation sites is 1. The molecule has 136 valence electrons. The number of benzene rings is 2. The quantitative estimate of drug-likeness (QED) is 0.848. The van der Waals surface area contributed by atoms with Crippen molar-refractivity contribution in [2.45, 2.75) is 11.8 Å². The number of ether oxygens (including phenoxy) is 1. The molecule has 0 atom stereocenters. The summed E-state index contributed by atoms with van der Waals surface area (Å²) in [7, 11) is -2.27. The lowest BCUT2D eigenvalue weighted by Gasteiger charge is -2.27. The zero-order valence-corrected chi connectivity index (χ0v) is 15.0. The summed E-state index contributed by atoms with van der Waals surface area (Å²) in [6, 6.07) is 10.6. The van der Waals surface area contributed by atoms with Gasteiger partial charge in [0.1, 0.15) is 0 Å². The van der Waals surface area contributed by atoms with Crippen LogP contribution in [0.1, 0.15) is 6.92 Å². The van der Waals surface area contributed by atoms with Crippen molar-refractivity contribution in [3.63, 3.8) is 0 Å². The van der Waals surface area contributed by atoms with Gasteiger partial charge >= 0.3 is 0 Å². The first kappa shape index (κ1) is 17.7. The summed E-state index contributed by atoms with van der Waals surface area (Å²) < 4.78 is 33.2. The first-order chi connectivity index (χ1) is 12.3. The molecule has 0 fully saturated rings. The van der Waals surface area contributed by atoms with E-state index in [9.17, 15) is 18.0 Å². The lowest BCUT2D eigenvalue weighted by Crippen LogP contribution is -2.35. The van der Waals surface area contributed by atoms with Crippen LogP contribution in [0.5, 0.6) is 5.75 Å². The largest absolute Gasteiger partial charge is 0.479 e. The highest BCUT2D eigenvalue weighted by Gasteiger charge is 2.26. The molecule has 0 spiro atoms. The van der Waals surface area contributed by atoms with E-state index in [0.29, 0.717) is 17.1 Å². The Morgan fingerprint density at radius 2 is 1.85 bits per heavy atom. The van der Waals surface area contributed by atoms with Gasteiger partial charge in [-0.1, -0.05) is 6.07 Å². The summed E-state index contributed by atoms with van der Waals surface area (Å²) in [6.45, 7) is 1.21. The van der Waals surface area contributed by atoms with Crippen LogP contribution in [-0.2, 0) is 19.6 Å². The van der Waals surface area contributed by atoms with Crippen LogP contribution in [0.2, 0.25) is 0 Å². The molecule has 0 aliphatic carbocycles. The Bertz CT molecular complexity index is 970. The molecule has 0 saturated heterocycles. The predicted octanol–water partition coefficient (Wildman–Crippen LogP) is 1.80. The summed E-state index contributed by atoms with van der Waals surface area (Å²) in [4.78, 5) is 24.2. The third kappa shape index (κ3) is 3.47. The van der Waals surface area contributed by atoms with Gasteiger partial charge in [-0.05, 0) is 36.4 Å². The van der Waals surface area contributed by atoms with Crippen molar-refractivity contribution < 1.29 is 22.7 Å². The number of sulfonamides is 1. The van der Waals surface area contributed by atoms with E-state index in [4.69, 9.17) is 4.74 Å². The molecule has 1 aliphatic rings. The number of nitrogens with zero attached hydrogens (tertiary/aromatic N) is 1. The predicted molar refractivity (Wildman–Crippen MR) is 96.9 cm³/mol. The van der Waals surface area contributed by atoms with Gasteiger partial charge < -0.3 is 15.0 Å². The number of anilines is 3. The Morgan fingerprint density at radius 3 is 2.50 bits per heavy atom. The van der Waals surface area contributed by atoms with Crippen LogP contribution < -0.4 is 19.7 Å². The van der Waals surface area contributed by atoms with E-state index >= 15 is 0 Å². The van der Waals surface area contributed by atoms with Crippen LogP contribution in [0.25, 0.3) is 0 Å². The van der Waals surface area contributed by atoms with E-state index in [0.717, 1.165) is 0 Å². The highest BCUT2D eigenvalue weighted by molar-refractivity contribution is 7.92. The molecule has 2 aromatic rings. The smallest absolute Gasteiger partial charge is 0.264 e. The average molecular weight is 375 g/mol. The summed E-state index contributed by atoms with van der Waals surface area (Å²) in [5.41, 5.74) is 1.23. The van der Waals surface area contributed by atoms with Gasteiger partial charge in [0.25, 0.3) is 15.9 Å². The van der Waals surface area contributed by atoms with Gasteiger partial charge in [0.2, 0.25) is 5.91 Å². The lowest BCUT2D eigenvalue weighted by atomic mass is 10.2. The topological polar surface area (TPSA) is 105 Å². The highest BCUT2D eigenvalue weighted by Crippen LogP contribution is 2.38. The maximum atomic E-state index is 12.6. The molecule has 26 heavy (non-hydrogen) atoms. The van der Waals surface area contributed by atoms with Gasteiger partial charge in [0, 0.05) is 19.7 Å². The Morgan fingerprint density at radius 1 is 1.15 bits per heavy atom. The average Bonchev–Trinajstić information content (AvgIpc) is 2.58. The molecule has 2 amide bonds. The van der Waals surface area contributed by atoms with Crippen molar-refractivity contribution in [2.75, 3.05) is 28.6 Å². The summed E-state index contributed by atoms with van der Waals surface area (Å²) in [6.07, 6.45) is 0. The molecule has 1 heterocycles. The third-order valence-corrected chi connectivity index (χ3v) is 5.18. The summed E-state index contributed by atoms with van der Waals surface area (Å²) >= 11 is 0. The van der Waals surface area contributed by atoms with Crippen molar-refractivity contribution in [2.24, 2.45) is 0 Å². The lowest BCUT2D eigenvalue weighted by molar-refractivity contribution is -0.121. The molecule has 0 radical (unpaired) electrons. The monoisotopic (exact) mass is 375 g/mol. The second-order valence-corrected chi connectivity index (χ2v) is 7.39. The van der Waals surface area contributed by atoms with Crippen LogP contribution in [0.15, 0.2) is 47.4 Å². The molecule has 0 unspecified atom stereocenters. The van der Waals surface area contributed by atoms with Gasteiger partial charge in [0.05, 0.1) is 16.3 Å². The fourth-order valence-electron chi connectivity index (χ4n) is 2.51. The van der Waals surface area contributed by atoms with E-state index in [2.05, 4.69) is 10.0 Å². The molecular formula is C17H17N3O5S. The number of nitrogens with one attached hydrogen (secondary N) is 2. The van der Waals surface area contributed by atoms with Crippen LogP contribution in [-0.4, -0.2) is 33.9 Å². The van der Waals surface area contributed by atoms with Crippen molar-refractivity contribution >= 4 is 38.9 Å². The number of rotatable bonds is 4. The molecule has 8 nitrogen and oxygen atoms in total. The normalized spacial score (nSPS) is 13.6. The molecule has 0 bridgehead atoms. The number of amides is 2. The number of hydrogen-bond acceptors (Lipinski definition) is 5. The number of carbonyl (C=O) groups excluding carboxylic acids is 2. The minimum Gasteiger partial charge on any atom is -0.479 e. The molecule has 0 saturated carbocycles. The van der Waals surface area contributed by atoms with E-state index in [1.807, 2.05) is 0 Å². The maximum Gasteiger partial charge on any atom is 0.264 e. The van der Waals surface area contributed by atoms with Crippen LogP contribution in [0.3, 0.4) is 0 Å². The van der Waals surface area contributed by atoms with E-state index < -0.39 is 10.0 Å². The van der Waals surface area contributed by atoms with Gasteiger partial charge in [-0.25, -0.2) is 8.42 Å². The minimum absolute atomic E-state index is 0.0319. The molecule has 1 aliphatic heterocycles. The number of likely N-dealkylation sites (N-methyl/N-ethyl adjacent to an activating group) is 1. The SMILES string of the molecule is CC(=O)Nc1ccc(S(=O)(=O)Nc2cccc3c2OCC(=O)N3C)cc1. The number of carbonyl (C=O) groups is 2. The molecule has 9 heteroatoms. The fraction of sp³-hybridized carbons (Fsp3) is 0.176. The van der Waals surface area contributed by atoms with Crippen molar-refractivity contribution in [1.82, 2.24) is 0 Å². The second kappa shape index (κ2) is 6.68. The number of hydrogen-bond donors (Lipinski definition) is 2. The zero-order chi connectivity index (χ0) is 18.9.